The summed E-state index contributed by atoms with van der Waals surface area (Å²) in [5.74, 6) is 0. The van der Waals surface area contributed by atoms with E-state index in [1.807, 2.05) is 0 Å². The van der Waals surface area contributed by atoms with Gasteiger partial charge in [0.05, 0.1) is 0 Å². The topological polar surface area (TPSA) is 0 Å². The molecule has 0 fully saturated rings. The van der Waals surface area contributed by atoms with E-state index in [9.17, 15) is 0 Å². The maximum atomic E-state index is 3.89. The van der Waals surface area contributed by atoms with Crippen LogP contribution < -0.4 is 0 Å². The Kier molecular flexibility index (Phi) is 643000. The fourth-order valence-corrected chi connectivity index (χ4v) is 0. The van der Waals surface area contributed by atoms with Crippen molar-refractivity contribution in [3.8, 4) is 0 Å². The molecule has 0 radical (unpaired) electrons. The summed E-state index contributed by atoms with van der Waals surface area (Å²) in [5.41, 5.74) is 0. The van der Waals surface area contributed by atoms with Gasteiger partial charge in [-0.2, -0.15) is 0 Å². The van der Waals surface area contributed by atoms with Gasteiger partial charge >= 0.3 is 0 Å². The van der Waals surface area contributed by atoms with E-state index in [2.05, 4.69) is 19.8 Å². The van der Waals surface area contributed by atoms with Gasteiger partial charge < -0.3 is 0 Å². The van der Waals surface area contributed by atoms with Crippen molar-refractivity contribution in [2.45, 2.75) is 89.1 Å². The van der Waals surface area contributed by atoms with Crippen LogP contribution in [0.15, 0.2) is 0 Å². The van der Waals surface area contributed by atoms with Gasteiger partial charge in [-0.15, -0.1) is 0 Å². The van der Waals surface area contributed by atoms with Crippen molar-refractivity contribution < 1.29 is 0 Å². The third-order valence-electron chi connectivity index (χ3n) is 0. The molecule has 14 heavy (non-hydrogen) atoms. The zero-order valence-corrected chi connectivity index (χ0v) is 2.72. The molecular weight excluding hydrogens is 207 g/mol. The van der Waals surface area contributed by atoms with E-state index in [0.717, 1.165) is 0 Å². The summed E-state index contributed by atoms with van der Waals surface area (Å²) in [6.45, 7) is 0. The van der Waals surface area contributed by atoms with E-state index in [0.29, 0.717) is 0 Å². The highest BCUT2D eigenvalue weighted by molar-refractivity contribution is 7.88. The Morgan fingerprint density at radius 1 is 0.286 bits per heavy atom. The van der Waals surface area contributed by atoms with Crippen molar-refractivity contribution in [2.75, 3.05) is 0 Å². The van der Waals surface area contributed by atoms with E-state index in [1.54, 1.807) is 0 Å². The Labute approximate surface area is 109 Å². The molecule has 0 saturated carbocycles. The van der Waals surface area contributed by atoms with E-state index in [1.165, 1.54) is 0 Å². The second-order valence-corrected chi connectivity index (χ2v) is 0. The molecule has 0 bridgehead atoms. The lowest BCUT2D eigenvalue weighted by Crippen LogP contribution is -0.399. The standard InChI is InChI=1S/12CH4.HPS/c;;;;;;;;;;;;1-2/h12*1H4;1H. The van der Waals surface area contributed by atoms with Crippen molar-refractivity contribution in [1.29, 1.82) is 0 Å². The fourth-order valence-electron chi connectivity index (χ4n) is 0. The average Bonchev–Trinajstić information content (AvgIpc) is 1.00. The van der Waals surface area contributed by atoms with Crippen LogP contribution in [0, 0.1) is 0 Å². The van der Waals surface area contributed by atoms with Gasteiger partial charge in [-0.05, 0) is 8.02 Å². The number of rotatable bonds is 0. The van der Waals surface area contributed by atoms with Crippen molar-refractivity contribution in [3.63, 3.8) is 0 Å². The van der Waals surface area contributed by atoms with Crippen LogP contribution in [0.5, 0.6) is 0 Å². The Morgan fingerprint density at radius 3 is 0.286 bits per heavy atom. The van der Waals surface area contributed by atoms with E-state index in [4.69, 9.17) is 0 Å². The molecule has 0 amide bonds. The zero-order chi connectivity index (χ0) is 2.00. The molecule has 2 heteroatoms. The molecular formula is C12H49PS. The lowest BCUT2D eigenvalue weighted by atomic mass is 12.0. The van der Waals surface area contributed by atoms with Crippen LogP contribution >= 0.6 is 8.02 Å². The second kappa shape index (κ2) is 7840. The summed E-state index contributed by atoms with van der Waals surface area (Å²) in [7, 11) is 2.56. The van der Waals surface area contributed by atoms with Gasteiger partial charge in [-0.3, -0.25) is 0 Å². The van der Waals surface area contributed by atoms with Crippen LogP contribution in [-0.2, 0) is 11.8 Å². The number of hydrogen-bond acceptors (Lipinski definition) is 1. The van der Waals surface area contributed by atoms with Gasteiger partial charge in [-0.25, -0.2) is 0 Å². The maximum Gasteiger partial charge on any atom is -0.0437 e. The van der Waals surface area contributed by atoms with Crippen LogP contribution in [0.4, 0.5) is 0 Å². The van der Waals surface area contributed by atoms with Crippen LogP contribution in [0.2, 0.25) is 0 Å². The first-order valence-electron chi connectivity index (χ1n) is 0.204. The first-order chi connectivity index (χ1) is 1.00. The molecule has 0 aromatic rings. The molecule has 0 saturated heterocycles. The van der Waals surface area contributed by atoms with E-state index >= 15 is 0 Å². The molecule has 0 spiro atoms. The molecule has 0 aliphatic rings. The normalized spacial score (nSPS) is 0.286. The predicted molar refractivity (Wildman–Crippen MR) is 96.5 cm³/mol. The highest BCUT2D eigenvalue weighted by atomic mass is 32.4. The van der Waals surface area contributed by atoms with Crippen molar-refractivity contribution >= 4 is 19.8 Å². The Hall–Kier alpha value is 0.520. The first kappa shape index (κ1) is 1150. The summed E-state index contributed by atoms with van der Waals surface area (Å²) in [4.78, 5) is 0. The second-order valence-electron chi connectivity index (χ2n) is 0. The molecule has 0 nitrogen and oxygen atoms in total. The Bertz CT molecular complexity index is 10.3. The van der Waals surface area contributed by atoms with Gasteiger partial charge in [0.1, 0.15) is 0 Å². The molecule has 0 aliphatic heterocycles. The molecule has 0 unspecified atom stereocenters. The van der Waals surface area contributed by atoms with Gasteiger partial charge in [0.25, 0.3) is 0 Å². The highest BCUT2D eigenvalue weighted by Gasteiger charge is 0.655. The highest BCUT2D eigenvalue weighted by Crippen LogP contribution is 1.26. The van der Waals surface area contributed by atoms with Gasteiger partial charge in [0.15, 0.2) is 0 Å². The quantitative estimate of drug-likeness (QED) is 0.393. The predicted octanol–water partition coefficient (Wildman–Crippen LogP) is 8.22. The smallest absolute Gasteiger partial charge is 0.0437 e. The molecule has 0 atom stereocenters. The zero-order valence-electron chi connectivity index (χ0n) is 0.908. The Balaban J connectivity index is -0.0000000000758. The van der Waals surface area contributed by atoms with Crippen molar-refractivity contribution in [1.82, 2.24) is 0 Å². The summed E-state index contributed by atoms with van der Waals surface area (Å²) < 4.78 is 0. The van der Waals surface area contributed by atoms with Crippen LogP contribution in [0.3, 0.4) is 0 Å². The van der Waals surface area contributed by atoms with Gasteiger partial charge in [-0.1, -0.05) is 101 Å². The summed E-state index contributed by atoms with van der Waals surface area (Å²) in [6.07, 6.45) is 0. The van der Waals surface area contributed by atoms with Gasteiger partial charge in [0.2, 0.25) is 0 Å². The molecule has 0 aliphatic carbocycles. The SMILES string of the molecule is C.C.C.C.C.C.C.C.C.C.C.C.P=S. The minimum absolute atomic E-state index is 0. The van der Waals surface area contributed by atoms with Crippen LogP contribution in [-0.4, -0.2) is 0 Å². The monoisotopic (exact) mass is 256 g/mol. The van der Waals surface area contributed by atoms with Crippen molar-refractivity contribution in [2.24, 2.45) is 0 Å². The van der Waals surface area contributed by atoms with E-state index < -0.39 is 0 Å². The largest absolute Gasteiger partial charge is 0.0776 e. The average molecular weight is 257 g/mol. The van der Waals surface area contributed by atoms with Crippen molar-refractivity contribution in [3.05, 3.63) is 0 Å². The molecule has 0 heterocycles. The van der Waals surface area contributed by atoms with Crippen LogP contribution in [0.1, 0.15) is 89.1 Å². The molecule has 0 rings (SSSR count). The molecule has 0 aromatic carbocycles. The number of hydrogen-bond donors (Lipinski definition) is 0. The van der Waals surface area contributed by atoms with Gasteiger partial charge in [0, 0.05) is 0 Å². The van der Waals surface area contributed by atoms with E-state index in [-0.39, 0.29) is 89.1 Å². The third-order valence-corrected chi connectivity index (χ3v) is 0. The molecule has 0 aromatic heterocycles. The molecule has 0 N–H and O–H groups in total. The third kappa shape index (κ3) is 6140. The minimum atomic E-state index is 0. The minimum Gasteiger partial charge on any atom is -0.0776 e. The lowest BCUT2D eigenvalue weighted by molar-refractivity contribution is 2.50. The summed E-state index contributed by atoms with van der Waals surface area (Å²) in [6, 6.07) is 0. The summed E-state index contributed by atoms with van der Waals surface area (Å²) >= 11 is 3.89. The first-order valence-corrected chi connectivity index (χ1v) is 1.84. The Morgan fingerprint density at radius 2 is 0.286 bits per heavy atom. The summed E-state index contributed by atoms with van der Waals surface area (Å²) in [5, 5.41) is 0. The maximum absolute atomic E-state index is 3.89. The lowest BCUT2D eigenvalue weighted by Gasteiger charge is -0.760. The van der Waals surface area contributed by atoms with Crippen LogP contribution in [0.25, 0.3) is 0 Å². The molecule has 108 valence electrons. The fraction of sp³-hybridized carbons (Fsp3) is 1.00.